The zero-order valence-corrected chi connectivity index (χ0v) is 20.1. The van der Waals surface area contributed by atoms with E-state index in [1.165, 1.54) is 23.7 Å². The van der Waals surface area contributed by atoms with E-state index in [4.69, 9.17) is 4.98 Å². The second-order valence-electron chi connectivity index (χ2n) is 9.09. The van der Waals surface area contributed by atoms with E-state index in [0.717, 1.165) is 15.7 Å². The molecular formula is C25H27N7O4. The zero-order valence-electron chi connectivity index (χ0n) is 20.1. The molecule has 4 aromatic rings. The van der Waals surface area contributed by atoms with E-state index < -0.39 is 10.6 Å². The highest BCUT2D eigenvalue weighted by Crippen LogP contribution is 2.23. The fourth-order valence-corrected chi connectivity index (χ4v) is 4.77. The monoisotopic (exact) mass is 489 g/mol. The first-order chi connectivity index (χ1) is 17.3. The third-order valence-electron chi connectivity index (χ3n) is 6.68. The second-order valence-corrected chi connectivity index (χ2v) is 9.09. The van der Waals surface area contributed by atoms with E-state index >= 15 is 0 Å². The number of fused-ring (bicyclic) bond motifs is 1. The first kappa shape index (κ1) is 23.5. The van der Waals surface area contributed by atoms with Crippen LogP contribution in [0.5, 0.6) is 0 Å². The van der Waals surface area contributed by atoms with Crippen LogP contribution >= 0.6 is 0 Å². The van der Waals surface area contributed by atoms with Gasteiger partial charge in [-0.3, -0.25) is 28.6 Å². The lowest BCUT2D eigenvalue weighted by molar-refractivity contribution is -0.384. The van der Waals surface area contributed by atoms with Gasteiger partial charge in [-0.1, -0.05) is 42.5 Å². The van der Waals surface area contributed by atoms with E-state index in [-0.39, 0.29) is 17.3 Å². The van der Waals surface area contributed by atoms with Crippen molar-refractivity contribution < 1.29 is 4.92 Å². The molecule has 2 aromatic heterocycles. The van der Waals surface area contributed by atoms with E-state index in [1.54, 1.807) is 19.2 Å². The lowest BCUT2D eigenvalue weighted by Gasteiger charge is -2.34. The van der Waals surface area contributed by atoms with Crippen molar-refractivity contribution in [2.75, 3.05) is 24.5 Å². The Balaban J connectivity index is 1.52. The van der Waals surface area contributed by atoms with Crippen LogP contribution in [-0.2, 0) is 27.1 Å². The van der Waals surface area contributed by atoms with Crippen molar-refractivity contribution in [1.82, 2.24) is 24.0 Å². The summed E-state index contributed by atoms with van der Waals surface area (Å²) in [6.07, 6.45) is 0.688. The van der Waals surface area contributed by atoms with Gasteiger partial charge in [0.15, 0.2) is 11.2 Å². The molecule has 1 saturated heterocycles. The highest BCUT2D eigenvalue weighted by Gasteiger charge is 2.27. The Morgan fingerprint density at radius 2 is 1.75 bits per heavy atom. The number of hydrogen-bond donors (Lipinski definition) is 1. The van der Waals surface area contributed by atoms with Crippen LogP contribution in [0.3, 0.4) is 0 Å². The number of imidazole rings is 1. The Morgan fingerprint density at radius 1 is 1.03 bits per heavy atom. The van der Waals surface area contributed by atoms with Gasteiger partial charge in [-0.05, 0) is 17.5 Å². The van der Waals surface area contributed by atoms with E-state index in [9.17, 15) is 19.7 Å². The van der Waals surface area contributed by atoms with Gasteiger partial charge in [0.25, 0.3) is 11.2 Å². The molecule has 0 spiro atoms. The molecule has 1 aliphatic rings. The molecule has 1 unspecified atom stereocenters. The maximum atomic E-state index is 13.2. The van der Waals surface area contributed by atoms with Crippen molar-refractivity contribution in [2.24, 2.45) is 14.1 Å². The predicted octanol–water partition coefficient (Wildman–Crippen LogP) is 1.41. The number of aromatic nitrogens is 4. The van der Waals surface area contributed by atoms with Gasteiger partial charge in [0, 0.05) is 51.9 Å². The summed E-state index contributed by atoms with van der Waals surface area (Å²) in [6, 6.07) is 16.5. The number of anilines is 1. The summed E-state index contributed by atoms with van der Waals surface area (Å²) < 4.78 is 4.43. The van der Waals surface area contributed by atoms with Crippen LogP contribution in [0, 0.1) is 10.1 Å². The number of nitro groups is 1. The third kappa shape index (κ3) is 4.29. The molecule has 5 rings (SSSR count). The summed E-state index contributed by atoms with van der Waals surface area (Å²) in [7, 11) is 3.11. The van der Waals surface area contributed by atoms with Crippen molar-refractivity contribution in [1.29, 1.82) is 0 Å². The molecule has 0 aliphatic carbocycles. The van der Waals surface area contributed by atoms with Gasteiger partial charge in [0.05, 0.1) is 11.5 Å². The number of nitro benzene ring substituents is 1. The Bertz CT molecular complexity index is 1540. The fraction of sp³-hybridized carbons (Fsp3) is 0.320. The smallest absolute Gasteiger partial charge is 0.332 e. The molecule has 36 heavy (non-hydrogen) atoms. The number of aryl methyl sites for hydroxylation is 1. The first-order valence-corrected chi connectivity index (χ1v) is 11.8. The van der Waals surface area contributed by atoms with Gasteiger partial charge in [-0.25, -0.2) is 4.79 Å². The highest BCUT2D eigenvalue weighted by molar-refractivity contribution is 5.75. The van der Waals surface area contributed by atoms with E-state index in [2.05, 4.69) is 10.2 Å². The second kappa shape index (κ2) is 9.42. The predicted molar refractivity (Wildman–Crippen MR) is 137 cm³/mol. The minimum absolute atomic E-state index is 0.0683. The van der Waals surface area contributed by atoms with Gasteiger partial charge < -0.3 is 10.2 Å². The molecule has 0 bridgehead atoms. The Kier molecular flexibility index (Phi) is 6.15. The topological polar surface area (TPSA) is 120 Å². The third-order valence-corrected chi connectivity index (χ3v) is 6.68. The molecule has 1 aliphatic heterocycles. The molecule has 3 heterocycles. The number of piperazine rings is 1. The quantitative estimate of drug-likeness (QED) is 0.321. The summed E-state index contributed by atoms with van der Waals surface area (Å²) in [5, 5.41) is 14.5. The number of nitrogens with zero attached hydrogens (tertiary/aromatic N) is 6. The zero-order chi connectivity index (χ0) is 25.4. The molecule has 0 amide bonds. The highest BCUT2D eigenvalue weighted by atomic mass is 16.6. The van der Waals surface area contributed by atoms with E-state index in [1.807, 2.05) is 34.9 Å². The SMILES string of the molecule is Cn1c(=O)c2c(nc(N3CCNC(Cc4ccc([N+](=O)[O-])cc4)C3)n2Cc2ccccc2)n(C)c1=O. The summed E-state index contributed by atoms with van der Waals surface area (Å²) in [4.78, 5) is 43.3. The average Bonchev–Trinajstić information content (AvgIpc) is 3.26. The Labute approximate surface area is 206 Å². The first-order valence-electron chi connectivity index (χ1n) is 11.8. The normalized spacial score (nSPS) is 15.9. The maximum Gasteiger partial charge on any atom is 0.332 e. The van der Waals surface area contributed by atoms with Crippen molar-refractivity contribution in [3.63, 3.8) is 0 Å². The van der Waals surface area contributed by atoms with Crippen LogP contribution in [0.15, 0.2) is 64.2 Å². The van der Waals surface area contributed by atoms with Gasteiger partial charge >= 0.3 is 5.69 Å². The number of hydrogen-bond acceptors (Lipinski definition) is 7. The Hall–Kier alpha value is -4.25. The average molecular weight is 490 g/mol. The van der Waals surface area contributed by atoms with Crippen LogP contribution in [0.4, 0.5) is 11.6 Å². The summed E-state index contributed by atoms with van der Waals surface area (Å²) in [5.41, 5.74) is 2.04. The van der Waals surface area contributed by atoms with Crippen molar-refractivity contribution in [3.05, 3.63) is 96.7 Å². The van der Waals surface area contributed by atoms with E-state index in [0.29, 0.717) is 49.7 Å². The molecule has 0 radical (unpaired) electrons. The van der Waals surface area contributed by atoms with Crippen LogP contribution < -0.4 is 21.5 Å². The standard InChI is InChI=1S/C25H27N7O4/c1-28-22-21(23(33)29(2)25(28)34)31(15-18-6-4-3-5-7-18)24(27-22)30-13-12-26-19(16-30)14-17-8-10-20(11-9-17)32(35)36/h3-11,19,26H,12-16H2,1-2H3. The fourth-order valence-electron chi connectivity index (χ4n) is 4.77. The molecule has 2 aromatic carbocycles. The molecule has 1 atom stereocenters. The van der Waals surface area contributed by atoms with Gasteiger partial charge in [0.2, 0.25) is 5.95 Å². The van der Waals surface area contributed by atoms with Gasteiger partial charge in [0.1, 0.15) is 0 Å². The van der Waals surface area contributed by atoms with Crippen LogP contribution in [-0.4, -0.2) is 49.3 Å². The van der Waals surface area contributed by atoms with Crippen molar-refractivity contribution in [3.8, 4) is 0 Å². The number of non-ortho nitro benzene ring substituents is 1. The largest absolute Gasteiger partial charge is 0.339 e. The van der Waals surface area contributed by atoms with Crippen LogP contribution in [0.25, 0.3) is 11.2 Å². The number of nitrogens with one attached hydrogen (secondary N) is 1. The summed E-state index contributed by atoms with van der Waals surface area (Å²) >= 11 is 0. The summed E-state index contributed by atoms with van der Waals surface area (Å²) in [5.74, 6) is 0.641. The molecule has 1 N–H and O–H groups in total. The van der Waals surface area contributed by atoms with Gasteiger partial charge in [-0.2, -0.15) is 4.98 Å². The van der Waals surface area contributed by atoms with Crippen LogP contribution in [0.1, 0.15) is 11.1 Å². The van der Waals surface area contributed by atoms with Crippen LogP contribution in [0.2, 0.25) is 0 Å². The molecule has 1 fully saturated rings. The lowest BCUT2D eigenvalue weighted by atomic mass is 10.0. The number of rotatable bonds is 6. The molecule has 186 valence electrons. The molecule has 11 nitrogen and oxygen atoms in total. The number of benzene rings is 2. The molecule has 0 saturated carbocycles. The summed E-state index contributed by atoms with van der Waals surface area (Å²) in [6.45, 7) is 2.46. The molecule has 11 heteroatoms. The Morgan fingerprint density at radius 3 is 2.44 bits per heavy atom. The lowest BCUT2D eigenvalue weighted by Crippen LogP contribution is -2.52. The maximum absolute atomic E-state index is 13.2. The minimum atomic E-state index is -0.417. The van der Waals surface area contributed by atoms with Gasteiger partial charge in [-0.15, -0.1) is 0 Å². The molecular weight excluding hydrogens is 462 g/mol. The minimum Gasteiger partial charge on any atom is -0.339 e. The van der Waals surface area contributed by atoms with Crippen molar-refractivity contribution in [2.45, 2.75) is 19.0 Å². The van der Waals surface area contributed by atoms with Crippen molar-refractivity contribution >= 4 is 22.8 Å².